The van der Waals surface area contributed by atoms with E-state index >= 15 is 0 Å². The van der Waals surface area contributed by atoms with Gasteiger partial charge in [-0.2, -0.15) is 13.6 Å². The van der Waals surface area contributed by atoms with Gasteiger partial charge in [0.05, 0.1) is 6.10 Å². The number of nitrogens with one attached hydrogen (secondary N) is 1. The molecule has 3 heterocycles. The maximum Gasteiger partial charge on any atom is 0.490 e. The Morgan fingerprint density at radius 3 is 2.47 bits per heavy atom. The third-order valence-corrected chi connectivity index (χ3v) is 8.76. The molecule has 2 aromatic rings. The van der Waals surface area contributed by atoms with Crippen LogP contribution >= 0.6 is 23.5 Å². The molecule has 22 heteroatoms. The molecule has 0 bridgehead atoms. The van der Waals surface area contributed by atoms with Crippen molar-refractivity contribution in [3.05, 3.63) is 22.4 Å². The van der Waals surface area contributed by atoms with Crippen LogP contribution in [0.15, 0.2) is 11.0 Å². The van der Waals surface area contributed by atoms with Gasteiger partial charge in [0.1, 0.15) is 17.6 Å². The summed E-state index contributed by atoms with van der Waals surface area (Å²) in [6, 6.07) is 0. The maximum atomic E-state index is 14.5. The fourth-order valence-corrected chi connectivity index (χ4v) is 6.65. The number of halogens is 1. The number of rotatable bonds is 8. The number of anilines is 1. The Bertz CT molecular complexity index is 1430. The van der Waals surface area contributed by atoms with Crippen molar-refractivity contribution < 1.29 is 60.6 Å². The number of ether oxygens (including phenoxy) is 1. The Hall–Kier alpha value is -2.00. The van der Waals surface area contributed by atoms with Crippen LogP contribution in [0.3, 0.4) is 0 Å². The minimum atomic E-state index is -5.82. The van der Waals surface area contributed by atoms with Crippen molar-refractivity contribution in [1.82, 2.24) is 14.5 Å². The number of nitrogens with two attached hydrogens (primary N) is 2. The molecule has 1 saturated heterocycles. The van der Waals surface area contributed by atoms with Crippen LogP contribution in [0, 0.1) is 18.2 Å². The fraction of sp³-hybridized carbons (Fsp3) is 0.429. The average Bonchev–Trinajstić information content (AvgIpc) is 3.13. The first kappa shape index (κ1) is 28.6. The Labute approximate surface area is 199 Å². The number of hydrogen-bond donors (Lipinski definition) is 8. The quantitative estimate of drug-likeness (QED) is 0.134. The average molecular weight is 577 g/mol. The first-order valence-electron chi connectivity index (χ1n) is 9.28. The minimum absolute atomic E-state index is 0.378. The van der Waals surface area contributed by atoms with Crippen molar-refractivity contribution in [3.8, 4) is 12.3 Å². The number of fused-ring (bicyclic) bond motifs is 1. The zero-order valence-electron chi connectivity index (χ0n) is 17.7. The van der Waals surface area contributed by atoms with E-state index in [2.05, 4.69) is 29.0 Å². The van der Waals surface area contributed by atoms with Crippen LogP contribution in [0.5, 0.6) is 0 Å². The number of aromatic amines is 1. The van der Waals surface area contributed by atoms with Crippen molar-refractivity contribution in [2.45, 2.75) is 37.0 Å². The molecule has 200 valence electrons. The molecule has 36 heavy (non-hydrogen) atoms. The van der Waals surface area contributed by atoms with E-state index in [9.17, 15) is 37.8 Å². The van der Waals surface area contributed by atoms with Crippen molar-refractivity contribution in [1.29, 1.82) is 0 Å². The predicted octanol–water partition coefficient (Wildman–Crippen LogP) is -1.23. The number of phosphoric ester groups is 1. The fourth-order valence-electron chi connectivity index (χ4n) is 3.45. The van der Waals surface area contributed by atoms with Gasteiger partial charge in [-0.3, -0.25) is 18.9 Å². The third-order valence-electron chi connectivity index (χ3n) is 4.83. The summed E-state index contributed by atoms with van der Waals surface area (Å²) in [6.07, 6.45) is -0.839. The minimum Gasteiger partial charge on any atom is -0.387 e. The molecular formula is C14H19FN5O13P3. The molecule has 0 amide bonds. The molecule has 0 spiro atoms. The zero-order chi connectivity index (χ0) is 27.4. The van der Waals surface area contributed by atoms with Crippen LogP contribution in [0.1, 0.15) is 13.2 Å². The second-order valence-electron chi connectivity index (χ2n) is 7.41. The van der Waals surface area contributed by atoms with Gasteiger partial charge >= 0.3 is 23.5 Å². The van der Waals surface area contributed by atoms with E-state index in [1.807, 2.05) is 0 Å². The molecule has 1 fully saturated rings. The second-order valence-corrected chi connectivity index (χ2v) is 11.8. The molecule has 18 nitrogen and oxygen atoms in total. The Morgan fingerprint density at radius 2 is 1.92 bits per heavy atom. The van der Waals surface area contributed by atoms with Crippen LogP contribution in [0.2, 0.25) is 0 Å². The Kier molecular flexibility index (Phi) is 7.45. The molecule has 1 aliphatic rings. The summed E-state index contributed by atoms with van der Waals surface area (Å²) < 4.78 is 67.2. The van der Waals surface area contributed by atoms with Gasteiger partial charge in [-0.1, -0.05) is 5.92 Å². The highest BCUT2D eigenvalue weighted by Crippen LogP contribution is 2.66. The predicted molar refractivity (Wildman–Crippen MR) is 115 cm³/mol. The van der Waals surface area contributed by atoms with Gasteiger partial charge < -0.3 is 40.9 Å². The lowest BCUT2D eigenvalue weighted by Gasteiger charge is -2.28. The number of terminal acetylenes is 1. The smallest absolute Gasteiger partial charge is 0.387 e. The van der Waals surface area contributed by atoms with Gasteiger partial charge in [0.25, 0.3) is 5.56 Å². The number of aliphatic hydroxyl groups is 1. The molecule has 7 atom stereocenters. The van der Waals surface area contributed by atoms with Crippen LogP contribution < -0.4 is 17.0 Å². The van der Waals surface area contributed by atoms with E-state index in [-0.39, 0.29) is 5.65 Å². The number of phosphoric acid groups is 3. The summed E-state index contributed by atoms with van der Waals surface area (Å²) in [5.41, 5.74) is 8.09. The highest BCUT2D eigenvalue weighted by atomic mass is 31.3. The van der Waals surface area contributed by atoms with E-state index in [0.29, 0.717) is 0 Å². The molecule has 0 aliphatic carbocycles. The summed E-state index contributed by atoms with van der Waals surface area (Å²) in [4.78, 5) is 54.2. The van der Waals surface area contributed by atoms with Crippen molar-refractivity contribution in [2.24, 2.45) is 5.73 Å². The van der Waals surface area contributed by atoms with Crippen LogP contribution in [0.4, 0.5) is 10.3 Å². The van der Waals surface area contributed by atoms with Gasteiger partial charge in [0.2, 0.25) is 5.95 Å². The van der Waals surface area contributed by atoms with Gasteiger partial charge in [-0.25, -0.2) is 18.1 Å². The molecule has 1 aliphatic heterocycles. The van der Waals surface area contributed by atoms with Crippen LogP contribution in [-0.2, 0) is 31.6 Å². The lowest BCUT2D eigenvalue weighted by atomic mass is 9.90. The first-order valence-corrected chi connectivity index (χ1v) is 13.8. The van der Waals surface area contributed by atoms with Crippen LogP contribution in [-0.4, -0.2) is 63.1 Å². The largest absolute Gasteiger partial charge is 0.490 e. The molecule has 3 rings (SSSR count). The number of nitrogen functional groups attached to an aromatic ring is 1. The molecule has 3 unspecified atom stereocenters. The summed E-state index contributed by atoms with van der Waals surface area (Å²) >= 11 is 0. The van der Waals surface area contributed by atoms with E-state index in [1.165, 1.54) is 0 Å². The number of hydrogen-bond acceptors (Lipinski definition) is 12. The SMILES string of the molecule is C#CC1(N)[C@@H](O)[C@@H]([C@@H](C)OP(=O)(O)OP(=O)(O)OP(=O)(O)O)O[C@H]1n1cc(F)c2c(=O)[nH]c(N)nc21. The summed E-state index contributed by atoms with van der Waals surface area (Å²) in [5.74, 6) is 0.565. The number of nitrogens with zero attached hydrogens (tertiary/aromatic N) is 2. The second kappa shape index (κ2) is 9.39. The summed E-state index contributed by atoms with van der Waals surface area (Å²) in [5, 5.41) is 10.2. The van der Waals surface area contributed by atoms with Gasteiger partial charge in [0, 0.05) is 6.20 Å². The van der Waals surface area contributed by atoms with E-state index < -0.39 is 76.3 Å². The van der Waals surface area contributed by atoms with Gasteiger partial charge in [0.15, 0.2) is 23.2 Å². The molecular weight excluding hydrogens is 558 g/mol. The van der Waals surface area contributed by atoms with Gasteiger partial charge in [-0.05, 0) is 6.92 Å². The number of H-pyrrole nitrogens is 1. The number of aromatic nitrogens is 3. The molecule has 10 N–H and O–H groups in total. The standard InChI is InChI=1S/C14H19FN5O13P3/c1-3-14(17)9(21)8(5(2)31-35(26,27)33-36(28,29)32-34(23,24)25)30-12(14)20-4-6(15)7-10(20)18-13(16)19-11(7)22/h1,4-5,8-9,12,21H,17H2,2H3,(H,26,27)(H,28,29)(H2,23,24,25)(H3,16,18,19,22)/t5-,8-,9+,12-,14?/m1/s1. The van der Waals surface area contributed by atoms with Crippen molar-refractivity contribution >= 4 is 40.4 Å². The normalized spacial score (nSPS) is 28.9. The first-order chi connectivity index (χ1) is 16.3. The highest BCUT2D eigenvalue weighted by molar-refractivity contribution is 7.66. The van der Waals surface area contributed by atoms with Crippen molar-refractivity contribution in [2.75, 3.05) is 5.73 Å². The van der Waals surface area contributed by atoms with E-state index in [1.54, 1.807) is 0 Å². The monoisotopic (exact) mass is 577 g/mol. The Morgan fingerprint density at radius 1 is 1.31 bits per heavy atom. The third kappa shape index (κ3) is 5.62. The van der Waals surface area contributed by atoms with E-state index in [0.717, 1.165) is 17.7 Å². The van der Waals surface area contributed by atoms with Crippen LogP contribution in [0.25, 0.3) is 11.0 Å². The topological polar surface area (TPSA) is 292 Å². The summed E-state index contributed by atoms with van der Waals surface area (Å²) in [7, 11) is -17.1. The lowest BCUT2D eigenvalue weighted by Crippen LogP contribution is -2.54. The molecule has 0 saturated carbocycles. The zero-order valence-corrected chi connectivity index (χ0v) is 20.4. The highest BCUT2D eigenvalue weighted by Gasteiger charge is 2.57. The maximum absolute atomic E-state index is 14.5. The molecule has 2 aromatic heterocycles. The Balaban J connectivity index is 1.93. The molecule has 0 aromatic carbocycles. The number of aliphatic hydroxyl groups excluding tert-OH is 1. The van der Waals surface area contributed by atoms with Crippen molar-refractivity contribution in [3.63, 3.8) is 0 Å². The lowest BCUT2D eigenvalue weighted by molar-refractivity contribution is -0.0732. The van der Waals surface area contributed by atoms with Gasteiger partial charge in [-0.15, -0.1) is 6.42 Å². The van der Waals surface area contributed by atoms with E-state index in [4.69, 9.17) is 32.4 Å². The summed E-state index contributed by atoms with van der Waals surface area (Å²) in [6.45, 7) is 1.00. The molecule has 0 radical (unpaired) electrons.